The molecule has 0 spiro atoms. The van der Waals surface area contributed by atoms with Crippen LogP contribution in [0.2, 0.25) is 0 Å². The van der Waals surface area contributed by atoms with Crippen LogP contribution in [0.4, 0.5) is 15.3 Å². The molecule has 1 heterocycles. The summed E-state index contributed by atoms with van der Waals surface area (Å²) < 4.78 is 12.7. The van der Waals surface area contributed by atoms with Crippen molar-refractivity contribution in [3.63, 3.8) is 0 Å². The molecular weight excluding hydrogens is 598 g/mol. The molecule has 11 nitrogen and oxygen atoms in total. The maximum atomic E-state index is 14.4. The highest BCUT2D eigenvalue weighted by atomic mass is 16.5. The van der Waals surface area contributed by atoms with Gasteiger partial charge in [-0.05, 0) is 77.0 Å². The molecule has 11 heteroatoms. The SMILES string of the molecule is C[C@@H]1CCCCO[C@@H](CN(C)C(=O)NC2CCCCC2)[C@@H](C)CN([C@@H](C)CO)C(=O)c2cc(NC(=O)NC3CCCCC3)ccc2O1. The number of urea groups is 2. The van der Waals surface area contributed by atoms with Crippen molar-refractivity contribution in [2.75, 3.05) is 38.7 Å². The van der Waals surface area contributed by atoms with Gasteiger partial charge in [0.15, 0.2) is 0 Å². The maximum Gasteiger partial charge on any atom is 0.319 e. The lowest BCUT2D eigenvalue weighted by atomic mass is 9.96. The molecule has 264 valence electrons. The number of carbonyl (C=O) groups excluding carboxylic acids is 3. The number of benzene rings is 1. The standard InChI is InChI=1S/C36H59N5O6/c1-25-22-41(26(2)24-42)34(43)31-21-30(38-35(44)37-28-14-7-5-8-15-28)18-19-32(31)47-27(3)13-11-12-20-46-33(25)23-40(4)36(45)39-29-16-9-6-10-17-29/h18-19,21,25-29,33,42H,5-17,20,22-24H2,1-4H3,(H,39,45)(H2,37,38,44)/t25-,26-,27+,33-/m0/s1. The van der Waals surface area contributed by atoms with Crippen LogP contribution in [0.1, 0.15) is 115 Å². The molecule has 47 heavy (non-hydrogen) atoms. The number of rotatable bonds is 7. The third-order valence-electron chi connectivity index (χ3n) is 9.98. The van der Waals surface area contributed by atoms with Gasteiger partial charge in [-0.15, -0.1) is 0 Å². The van der Waals surface area contributed by atoms with Gasteiger partial charge in [0.25, 0.3) is 5.91 Å². The second kappa shape index (κ2) is 18.5. The predicted molar refractivity (Wildman–Crippen MR) is 184 cm³/mol. The zero-order chi connectivity index (χ0) is 33.8. The monoisotopic (exact) mass is 657 g/mol. The number of likely N-dealkylation sites (N-methyl/N-ethyl adjacent to an activating group) is 1. The molecule has 0 saturated heterocycles. The van der Waals surface area contributed by atoms with Gasteiger partial charge >= 0.3 is 12.1 Å². The molecule has 5 amide bonds. The number of ether oxygens (including phenoxy) is 2. The van der Waals surface area contributed by atoms with Gasteiger partial charge in [0.1, 0.15) is 5.75 Å². The van der Waals surface area contributed by atoms with Crippen LogP contribution in [-0.4, -0.2) is 96.6 Å². The van der Waals surface area contributed by atoms with E-state index in [1.165, 1.54) is 12.8 Å². The smallest absolute Gasteiger partial charge is 0.319 e. The minimum Gasteiger partial charge on any atom is -0.490 e. The molecule has 1 aromatic carbocycles. The topological polar surface area (TPSA) is 132 Å². The van der Waals surface area contributed by atoms with Crippen LogP contribution >= 0.6 is 0 Å². The first-order chi connectivity index (χ1) is 22.6. The van der Waals surface area contributed by atoms with Crippen molar-refractivity contribution < 1.29 is 29.0 Å². The first-order valence-electron chi connectivity index (χ1n) is 18.1. The summed E-state index contributed by atoms with van der Waals surface area (Å²) in [5, 5.41) is 19.4. The van der Waals surface area contributed by atoms with Gasteiger partial charge in [-0.1, -0.05) is 45.4 Å². The first-order valence-corrected chi connectivity index (χ1v) is 18.1. The number of hydrogen-bond donors (Lipinski definition) is 4. The summed E-state index contributed by atoms with van der Waals surface area (Å²) >= 11 is 0. The highest BCUT2D eigenvalue weighted by Gasteiger charge is 2.31. The zero-order valence-corrected chi connectivity index (χ0v) is 29.1. The molecule has 1 aromatic rings. The van der Waals surface area contributed by atoms with Crippen LogP contribution in [0, 0.1) is 5.92 Å². The van der Waals surface area contributed by atoms with E-state index in [2.05, 4.69) is 16.0 Å². The van der Waals surface area contributed by atoms with E-state index in [-0.39, 0.29) is 54.8 Å². The number of aliphatic hydroxyl groups is 1. The van der Waals surface area contributed by atoms with E-state index in [9.17, 15) is 19.5 Å². The number of nitrogens with one attached hydrogen (secondary N) is 3. The second-order valence-corrected chi connectivity index (χ2v) is 14.1. The van der Waals surface area contributed by atoms with E-state index >= 15 is 0 Å². The maximum absolute atomic E-state index is 14.4. The summed E-state index contributed by atoms with van der Waals surface area (Å²) in [6.45, 7) is 6.84. The Labute approximate surface area is 281 Å². The number of carbonyl (C=O) groups is 3. The van der Waals surface area contributed by atoms with E-state index in [0.717, 1.165) is 70.6 Å². The Balaban J connectivity index is 1.54. The third-order valence-corrected chi connectivity index (χ3v) is 9.98. The van der Waals surface area contributed by atoms with Crippen molar-refractivity contribution in [3.05, 3.63) is 23.8 Å². The van der Waals surface area contributed by atoms with Gasteiger partial charge in [-0.25, -0.2) is 9.59 Å². The Hall–Kier alpha value is -3.05. The normalized spacial score (nSPS) is 24.7. The highest BCUT2D eigenvalue weighted by molar-refractivity contribution is 5.99. The van der Waals surface area contributed by atoms with Gasteiger partial charge in [0.2, 0.25) is 0 Å². The molecule has 1 aliphatic heterocycles. The summed E-state index contributed by atoms with van der Waals surface area (Å²) in [4.78, 5) is 43.7. The van der Waals surface area contributed by atoms with Gasteiger partial charge in [-0.2, -0.15) is 0 Å². The van der Waals surface area contributed by atoms with Crippen LogP contribution in [0.5, 0.6) is 5.75 Å². The number of amides is 5. The molecule has 0 bridgehead atoms. The molecule has 4 rings (SSSR count). The van der Waals surface area contributed by atoms with Gasteiger partial charge in [-0.3, -0.25) is 4.79 Å². The lowest BCUT2D eigenvalue weighted by Gasteiger charge is -2.36. The van der Waals surface area contributed by atoms with E-state index < -0.39 is 6.04 Å². The summed E-state index contributed by atoms with van der Waals surface area (Å²) in [6.07, 6.45) is 12.9. The van der Waals surface area contributed by atoms with Crippen molar-refractivity contribution in [2.24, 2.45) is 5.92 Å². The van der Waals surface area contributed by atoms with E-state index in [1.807, 2.05) is 20.8 Å². The predicted octanol–water partition coefficient (Wildman–Crippen LogP) is 5.91. The average molecular weight is 658 g/mol. The fourth-order valence-electron chi connectivity index (χ4n) is 6.95. The van der Waals surface area contributed by atoms with Crippen LogP contribution in [0.25, 0.3) is 0 Å². The minimum absolute atomic E-state index is 0.101. The minimum atomic E-state index is -0.484. The number of anilines is 1. The molecule has 3 aliphatic rings. The molecule has 2 saturated carbocycles. The number of fused-ring (bicyclic) bond motifs is 1. The Bertz CT molecular complexity index is 1150. The summed E-state index contributed by atoms with van der Waals surface area (Å²) in [5.74, 6) is 0.00958. The third kappa shape index (κ3) is 11.3. The Morgan fingerprint density at radius 1 is 0.957 bits per heavy atom. The van der Waals surface area contributed by atoms with Crippen LogP contribution < -0.4 is 20.7 Å². The van der Waals surface area contributed by atoms with Crippen molar-refractivity contribution in [1.29, 1.82) is 0 Å². The lowest BCUT2D eigenvalue weighted by Crippen LogP contribution is -2.50. The van der Waals surface area contributed by atoms with E-state index in [4.69, 9.17) is 9.47 Å². The van der Waals surface area contributed by atoms with Crippen molar-refractivity contribution in [1.82, 2.24) is 20.4 Å². The van der Waals surface area contributed by atoms with E-state index in [0.29, 0.717) is 36.7 Å². The second-order valence-electron chi connectivity index (χ2n) is 14.1. The highest BCUT2D eigenvalue weighted by Crippen LogP contribution is 2.29. The van der Waals surface area contributed by atoms with Gasteiger partial charge in [0, 0.05) is 50.4 Å². The molecule has 2 fully saturated rings. The molecule has 0 radical (unpaired) electrons. The Morgan fingerprint density at radius 2 is 1.60 bits per heavy atom. The fraction of sp³-hybridized carbons (Fsp3) is 0.750. The lowest BCUT2D eigenvalue weighted by molar-refractivity contribution is -0.0123. The van der Waals surface area contributed by atoms with Gasteiger partial charge in [0.05, 0.1) is 30.4 Å². The van der Waals surface area contributed by atoms with E-state index in [1.54, 1.807) is 35.0 Å². The summed E-state index contributed by atoms with van der Waals surface area (Å²) in [5.41, 5.74) is 0.831. The van der Waals surface area contributed by atoms with Crippen LogP contribution in [0.15, 0.2) is 18.2 Å². The molecule has 0 unspecified atom stereocenters. The fourth-order valence-corrected chi connectivity index (χ4v) is 6.95. The van der Waals surface area contributed by atoms with Gasteiger partial charge < -0.3 is 40.3 Å². The van der Waals surface area contributed by atoms with Crippen LogP contribution in [0.3, 0.4) is 0 Å². The molecule has 2 aliphatic carbocycles. The molecule has 0 aromatic heterocycles. The first kappa shape index (κ1) is 36.8. The molecule has 4 atom stereocenters. The van der Waals surface area contributed by atoms with Crippen molar-refractivity contribution >= 4 is 23.7 Å². The summed E-state index contributed by atoms with van der Waals surface area (Å²) in [6, 6.07) is 4.69. The van der Waals surface area contributed by atoms with Crippen LogP contribution in [-0.2, 0) is 4.74 Å². The zero-order valence-electron chi connectivity index (χ0n) is 29.1. The Kier molecular flexibility index (Phi) is 14.5. The molecule has 4 N–H and O–H groups in total. The van der Waals surface area contributed by atoms with Crippen molar-refractivity contribution in [2.45, 2.75) is 135 Å². The number of aliphatic hydroxyl groups excluding tert-OH is 1. The van der Waals surface area contributed by atoms with Crippen molar-refractivity contribution in [3.8, 4) is 5.75 Å². The molecular formula is C36H59N5O6. The number of hydrogen-bond acceptors (Lipinski definition) is 6. The number of nitrogens with zero attached hydrogens (tertiary/aromatic N) is 2. The quantitative estimate of drug-likeness (QED) is 0.288. The summed E-state index contributed by atoms with van der Waals surface area (Å²) in [7, 11) is 1.80. The average Bonchev–Trinajstić information content (AvgIpc) is 3.06. The Morgan fingerprint density at radius 3 is 2.26 bits per heavy atom. The largest absolute Gasteiger partial charge is 0.490 e.